The Morgan fingerprint density at radius 2 is 1.84 bits per heavy atom. The van der Waals surface area contributed by atoms with Crippen molar-refractivity contribution in [1.29, 1.82) is 0 Å². The van der Waals surface area contributed by atoms with Gasteiger partial charge in [-0.15, -0.1) is 0 Å². The number of para-hydroxylation sites is 1. The summed E-state index contributed by atoms with van der Waals surface area (Å²) in [5.41, 5.74) is 0.518. The zero-order valence-corrected chi connectivity index (χ0v) is 21.5. The van der Waals surface area contributed by atoms with Gasteiger partial charge >= 0.3 is 0 Å². The first kappa shape index (κ1) is 23.4. The number of ether oxygens (including phenoxy) is 3. The molecule has 172 valence electrons. The van der Waals surface area contributed by atoms with Crippen LogP contribution < -0.4 is 4.74 Å². The summed E-state index contributed by atoms with van der Waals surface area (Å²) in [4.78, 5) is 4.92. The van der Waals surface area contributed by atoms with E-state index in [1.807, 2.05) is 47.0 Å². The Morgan fingerprint density at radius 3 is 2.53 bits per heavy atom. The first-order valence-electron chi connectivity index (χ1n) is 11.1. The van der Waals surface area contributed by atoms with Crippen molar-refractivity contribution in [3.8, 4) is 11.5 Å². The fraction of sp³-hybridized carbons (Fsp3) is 0.458. The van der Waals surface area contributed by atoms with Gasteiger partial charge in [0.1, 0.15) is 29.4 Å². The molecule has 1 N–H and O–H groups in total. The van der Waals surface area contributed by atoms with Crippen molar-refractivity contribution < 1.29 is 19.3 Å². The molecule has 1 aliphatic rings. The Balaban J connectivity index is 1.74. The van der Waals surface area contributed by atoms with E-state index < -0.39 is 13.7 Å². The summed E-state index contributed by atoms with van der Waals surface area (Å²) in [6.07, 6.45) is 1.00. The molecule has 0 radical (unpaired) electrons. The highest BCUT2D eigenvalue weighted by Crippen LogP contribution is 2.40. The van der Waals surface area contributed by atoms with Crippen molar-refractivity contribution >= 4 is 35.0 Å². The van der Waals surface area contributed by atoms with Crippen LogP contribution in [0.15, 0.2) is 46.9 Å². The van der Waals surface area contributed by atoms with E-state index >= 15 is 0 Å². The van der Waals surface area contributed by atoms with Gasteiger partial charge in [0.15, 0.2) is 5.75 Å². The van der Waals surface area contributed by atoms with E-state index in [4.69, 9.17) is 19.2 Å². The van der Waals surface area contributed by atoms with Crippen LogP contribution in [0.2, 0.25) is 25.7 Å². The van der Waals surface area contributed by atoms with Gasteiger partial charge in [-0.2, -0.15) is 0 Å². The Labute approximate surface area is 198 Å². The Morgan fingerprint density at radius 1 is 1.12 bits per heavy atom. The molecular formula is C24H31BrN2O4Si. The third-order valence-electron chi connectivity index (χ3n) is 5.74. The number of benzene rings is 2. The van der Waals surface area contributed by atoms with Crippen molar-refractivity contribution in [2.24, 2.45) is 0 Å². The quantitative estimate of drug-likeness (QED) is 0.297. The SMILES string of the molecule is C[Si](C)(C)CCOCn1c(C2(O)CCOCC2)nc2c(Oc3ccccc3)c(Br)ccc21. The van der Waals surface area contributed by atoms with Crippen LogP contribution in [-0.2, 0) is 21.8 Å². The molecule has 4 rings (SSSR count). The molecule has 2 heterocycles. The summed E-state index contributed by atoms with van der Waals surface area (Å²) < 4.78 is 20.6. The molecule has 1 saturated heterocycles. The van der Waals surface area contributed by atoms with Gasteiger partial charge in [0.2, 0.25) is 0 Å². The molecule has 0 atom stereocenters. The molecule has 0 unspecified atom stereocenters. The van der Waals surface area contributed by atoms with Gasteiger partial charge in [0, 0.05) is 40.7 Å². The maximum Gasteiger partial charge on any atom is 0.169 e. The number of imidazole rings is 1. The lowest BCUT2D eigenvalue weighted by molar-refractivity contribution is -0.0777. The largest absolute Gasteiger partial charge is 0.454 e. The molecule has 3 aromatic rings. The van der Waals surface area contributed by atoms with Crippen LogP contribution in [0.5, 0.6) is 11.5 Å². The number of rotatable bonds is 8. The Bertz CT molecular complexity index is 1060. The number of aromatic nitrogens is 2. The monoisotopic (exact) mass is 518 g/mol. The zero-order valence-electron chi connectivity index (χ0n) is 18.9. The molecule has 0 bridgehead atoms. The molecule has 6 nitrogen and oxygen atoms in total. The van der Waals surface area contributed by atoms with Gasteiger partial charge in [-0.1, -0.05) is 37.8 Å². The molecular weight excluding hydrogens is 488 g/mol. The van der Waals surface area contributed by atoms with E-state index in [9.17, 15) is 5.11 Å². The Hall–Kier alpha value is -1.71. The first-order valence-corrected chi connectivity index (χ1v) is 15.6. The van der Waals surface area contributed by atoms with Gasteiger partial charge in [-0.05, 0) is 46.2 Å². The van der Waals surface area contributed by atoms with E-state index in [0.29, 0.717) is 56.5 Å². The number of halogens is 1. The molecule has 0 spiro atoms. The third-order valence-corrected chi connectivity index (χ3v) is 8.07. The zero-order chi connectivity index (χ0) is 22.8. The third kappa shape index (κ3) is 5.26. The highest BCUT2D eigenvalue weighted by atomic mass is 79.9. The average molecular weight is 520 g/mol. The van der Waals surface area contributed by atoms with Gasteiger partial charge in [-0.25, -0.2) is 4.98 Å². The van der Waals surface area contributed by atoms with Crippen molar-refractivity contribution in [2.45, 2.75) is 50.9 Å². The van der Waals surface area contributed by atoms with Crippen LogP contribution in [0.4, 0.5) is 0 Å². The van der Waals surface area contributed by atoms with Crippen LogP contribution >= 0.6 is 15.9 Å². The van der Waals surface area contributed by atoms with E-state index in [-0.39, 0.29) is 0 Å². The fourth-order valence-electron chi connectivity index (χ4n) is 3.80. The van der Waals surface area contributed by atoms with Crippen molar-refractivity contribution in [2.75, 3.05) is 19.8 Å². The van der Waals surface area contributed by atoms with E-state index in [0.717, 1.165) is 21.8 Å². The predicted molar refractivity (Wildman–Crippen MR) is 132 cm³/mol. The minimum atomic E-state index is -1.20. The molecule has 0 aliphatic carbocycles. The standard InChI is InChI=1S/C24H31BrN2O4Si/c1-32(2,3)16-15-30-17-27-20-10-9-19(25)22(31-18-7-5-4-6-8-18)21(20)26-23(27)24(28)11-13-29-14-12-24/h4-10,28H,11-17H2,1-3H3. The summed E-state index contributed by atoms with van der Waals surface area (Å²) in [7, 11) is -1.20. The maximum absolute atomic E-state index is 11.5. The van der Waals surface area contributed by atoms with Crippen LogP contribution in [0.1, 0.15) is 18.7 Å². The number of aliphatic hydroxyl groups is 1. The van der Waals surface area contributed by atoms with Gasteiger partial charge in [0.05, 0.1) is 9.99 Å². The van der Waals surface area contributed by atoms with Crippen molar-refractivity contribution in [3.05, 3.63) is 52.8 Å². The molecule has 1 aliphatic heterocycles. The number of hydrogen-bond acceptors (Lipinski definition) is 5. The topological polar surface area (TPSA) is 65.7 Å². The second kappa shape index (κ2) is 9.65. The Kier molecular flexibility index (Phi) is 7.07. The minimum absolute atomic E-state index is 0.339. The maximum atomic E-state index is 11.5. The summed E-state index contributed by atoms with van der Waals surface area (Å²) in [5, 5.41) is 11.5. The summed E-state index contributed by atoms with van der Waals surface area (Å²) >= 11 is 3.62. The highest BCUT2D eigenvalue weighted by molar-refractivity contribution is 9.10. The lowest BCUT2D eigenvalue weighted by Crippen LogP contribution is -2.36. The molecule has 32 heavy (non-hydrogen) atoms. The average Bonchev–Trinajstić information content (AvgIpc) is 3.13. The van der Waals surface area contributed by atoms with Crippen LogP contribution in [0.25, 0.3) is 11.0 Å². The second-order valence-electron chi connectivity index (χ2n) is 9.51. The predicted octanol–water partition coefficient (Wildman–Crippen LogP) is 5.90. The molecule has 1 fully saturated rings. The van der Waals surface area contributed by atoms with E-state index in [2.05, 4.69) is 35.6 Å². The molecule has 1 aromatic heterocycles. The van der Waals surface area contributed by atoms with E-state index in [1.165, 1.54) is 0 Å². The normalized spacial score (nSPS) is 16.4. The summed E-state index contributed by atoms with van der Waals surface area (Å²) in [6.45, 7) is 9.06. The van der Waals surface area contributed by atoms with E-state index in [1.54, 1.807) is 0 Å². The minimum Gasteiger partial charge on any atom is -0.454 e. The number of fused-ring (bicyclic) bond motifs is 1. The van der Waals surface area contributed by atoms with Crippen LogP contribution in [0, 0.1) is 0 Å². The van der Waals surface area contributed by atoms with Gasteiger partial charge < -0.3 is 23.9 Å². The van der Waals surface area contributed by atoms with Gasteiger partial charge in [0.25, 0.3) is 0 Å². The highest BCUT2D eigenvalue weighted by Gasteiger charge is 2.37. The van der Waals surface area contributed by atoms with Crippen LogP contribution in [-0.4, -0.2) is 42.6 Å². The molecule has 8 heteroatoms. The smallest absolute Gasteiger partial charge is 0.169 e. The van der Waals surface area contributed by atoms with Crippen LogP contribution in [0.3, 0.4) is 0 Å². The number of hydrogen-bond donors (Lipinski definition) is 1. The molecule has 0 saturated carbocycles. The number of nitrogens with zero attached hydrogens (tertiary/aromatic N) is 2. The summed E-state index contributed by atoms with van der Waals surface area (Å²) in [5.74, 6) is 1.97. The molecule has 2 aromatic carbocycles. The fourth-order valence-corrected chi connectivity index (χ4v) is 4.96. The lowest BCUT2D eigenvalue weighted by Gasteiger charge is -2.31. The lowest BCUT2D eigenvalue weighted by atomic mass is 9.93. The molecule has 0 amide bonds. The first-order chi connectivity index (χ1) is 15.3. The van der Waals surface area contributed by atoms with Crippen molar-refractivity contribution in [1.82, 2.24) is 9.55 Å². The van der Waals surface area contributed by atoms with Crippen molar-refractivity contribution in [3.63, 3.8) is 0 Å². The second-order valence-corrected chi connectivity index (χ2v) is 16.0. The van der Waals surface area contributed by atoms with Gasteiger partial charge in [-0.3, -0.25) is 0 Å². The summed E-state index contributed by atoms with van der Waals surface area (Å²) in [6, 6.07) is 14.7.